The number of aryl methyl sites for hydroxylation is 2. The number of fused-ring (bicyclic) bond motifs is 8. The van der Waals surface area contributed by atoms with Crippen molar-refractivity contribution in [2.75, 3.05) is 48.5 Å². The Morgan fingerprint density at radius 2 is 1.52 bits per heavy atom. The second-order valence-corrected chi connectivity index (χ2v) is 19.8. The van der Waals surface area contributed by atoms with E-state index in [2.05, 4.69) is 54.7 Å². The van der Waals surface area contributed by atoms with Gasteiger partial charge in [0.25, 0.3) is 0 Å². The van der Waals surface area contributed by atoms with Crippen molar-refractivity contribution in [3.63, 3.8) is 0 Å². The van der Waals surface area contributed by atoms with Gasteiger partial charge in [-0.3, -0.25) is 4.79 Å². The number of hydrogen-bond donors (Lipinski definition) is 1. The van der Waals surface area contributed by atoms with E-state index in [0.717, 1.165) is 73.9 Å². The first-order chi connectivity index (χ1) is 22.1. The third kappa shape index (κ3) is 4.97. The highest BCUT2D eigenvalue weighted by atomic mass is 35.5. The van der Waals surface area contributed by atoms with Crippen molar-refractivity contribution in [3.05, 3.63) is 79.8 Å². The molecule has 0 atom stereocenters. The molecule has 4 aliphatic heterocycles. The smallest absolute Gasteiger partial charge is 0.341 e. The molecule has 0 saturated carbocycles. The number of benzene rings is 3. The fraction of sp³-hybridized carbons (Fsp3) is 0.444. The largest absolute Gasteiger partial charge is 0.481 e. The van der Waals surface area contributed by atoms with Crippen molar-refractivity contribution in [1.82, 2.24) is 0 Å². The van der Waals surface area contributed by atoms with Crippen molar-refractivity contribution < 1.29 is 19.4 Å². The minimum absolute atomic E-state index is 0.222. The van der Waals surface area contributed by atoms with Gasteiger partial charge in [-0.25, -0.2) is 4.79 Å². The predicted molar refractivity (Wildman–Crippen MR) is 192 cm³/mol. The Morgan fingerprint density at radius 1 is 0.935 bits per heavy atom. The molecule has 1 spiro atoms. The first-order valence-corrected chi connectivity index (χ1v) is 21.0. The number of unbranched alkanes of at least 4 members (excludes halogenated alkanes) is 1. The molecule has 7 rings (SSSR count). The van der Waals surface area contributed by atoms with Gasteiger partial charge in [-0.1, -0.05) is 29.7 Å². The van der Waals surface area contributed by atoms with Gasteiger partial charge in [-0.2, -0.15) is 11.8 Å². The maximum absolute atomic E-state index is 13.9. The first-order valence-electron chi connectivity index (χ1n) is 16.4. The van der Waals surface area contributed by atoms with Crippen LogP contribution in [0.2, 0.25) is 22.6 Å². The topological polar surface area (TPSA) is 70.1 Å². The van der Waals surface area contributed by atoms with Crippen LogP contribution >= 0.6 is 35.0 Å². The summed E-state index contributed by atoms with van der Waals surface area (Å²) in [4.78, 5) is 29.6. The maximum Gasteiger partial charge on any atom is 0.341 e. The van der Waals surface area contributed by atoms with Crippen LogP contribution < -0.4 is 20.2 Å². The molecule has 0 radical (unpaired) electrons. The van der Waals surface area contributed by atoms with Gasteiger partial charge in [0.1, 0.15) is 8.07 Å². The summed E-state index contributed by atoms with van der Waals surface area (Å²) in [6.45, 7) is 4.51. The van der Waals surface area contributed by atoms with Crippen LogP contribution in [-0.4, -0.2) is 63.8 Å². The highest BCUT2D eigenvalue weighted by Gasteiger charge is 2.59. The molecule has 0 bridgehead atoms. The van der Waals surface area contributed by atoms with Crippen LogP contribution in [0.5, 0.6) is 0 Å². The Hall–Kier alpha value is -2.65. The zero-order valence-corrected chi connectivity index (χ0v) is 30.0. The zero-order valence-electron chi connectivity index (χ0n) is 26.7. The van der Waals surface area contributed by atoms with Gasteiger partial charge in [-0.15, -0.1) is 0 Å². The Morgan fingerprint density at radius 3 is 2.11 bits per heavy atom. The molecule has 3 aromatic carbocycles. The van der Waals surface area contributed by atoms with Crippen LogP contribution in [0.25, 0.3) is 0 Å². The molecule has 0 saturated heterocycles. The predicted octanol–water partition coefficient (Wildman–Crippen LogP) is 6.71. The molecule has 0 aromatic heterocycles. The lowest BCUT2D eigenvalue weighted by Gasteiger charge is -2.47. The molecule has 10 heteroatoms. The van der Waals surface area contributed by atoms with Gasteiger partial charge in [0, 0.05) is 66.7 Å². The van der Waals surface area contributed by atoms with Gasteiger partial charge in [0.15, 0.2) is 5.60 Å². The lowest BCUT2D eigenvalue weighted by atomic mass is 9.77. The minimum Gasteiger partial charge on any atom is -0.481 e. The van der Waals surface area contributed by atoms with E-state index in [-0.39, 0.29) is 6.42 Å². The van der Waals surface area contributed by atoms with Gasteiger partial charge in [0.2, 0.25) is 0 Å². The number of aliphatic carboxylic acids is 1. The number of halogens is 2. The molecular weight excluding hydrogens is 655 g/mol. The summed E-state index contributed by atoms with van der Waals surface area (Å²) in [7, 11) is 1.91. The zero-order chi connectivity index (χ0) is 32.4. The van der Waals surface area contributed by atoms with Crippen molar-refractivity contribution in [1.29, 1.82) is 0 Å². The van der Waals surface area contributed by atoms with Gasteiger partial charge >= 0.3 is 11.9 Å². The Labute approximate surface area is 286 Å². The molecule has 0 aliphatic carbocycles. The number of esters is 1. The number of nitrogens with zero attached hydrogens (tertiary/aromatic N) is 2. The van der Waals surface area contributed by atoms with Crippen molar-refractivity contribution >= 4 is 76.7 Å². The number of carboxylic acids is 1. The molecule has 6 nitrogen and oxygen atoms in total. The van der Waals surface area contributed by atoms with Crippen LogP contribution in [0.4, 0.5) is 11.4 Å². The SMILES string of the molecule is CN1CCCc2cc3c(cc21)[Si](C)(CCSCCCCC(=O)O)c1cc2c(cc1C31OC(=O)c3c(Cl)ccc(Cl)c31)CCCN2C. The molecule has 0 fully saturated rings. The van der Waals surface area contributed by atoms with Gasteiger partial charge in [0.05, 0.1) is 10.6 Å². The molecule has 46 heavy (non-hydrogen) atoms. The third-order valence-corrected chi connectivity index (χ3v) is 17.2. The number of thioether (sulfide) groups is 1. The van der Waals surface area contributed by atoms with Gasteiger partial charge in [-0.05, 0) is 114 Å². The van der Waals surface area contributed by atoms with E-state index >= 15 is 0 Å². The molecule has 0 amide bonds. The summed E-state index contributed by atoms with van der Waals surface area (Å²) in [5.41, 5.74) is 7.06. The molecule has 0 unspecified atom stereocenters. The minimum atomic E-state index is -2.45. The van der Waals surface area contributed by atoms with E-state index in [1.165, 1.54) is 32.9 Å². The summed E-state index contributed by atoms with van der Waals surface area (Å²) in [6.07, 6.45) is 5.91. The number of carbonyl (C=O) groups excluding carboxylic acids is 1. The number of anilines is 2. The highest BCUT2D eigenvalue weighted by molar-refractivity contribution is 7.99. The quantitative estimate of drug-likeness (QED) is 0.160. The number of ether oxygens (including phenoxy) is 1. The van der Waals surface area contributed by atoms with Crippen LogP contribution in [-0.2, 0) is 28.0 Å². The number of carbonyl (C=O) groups is 2. The van der Waals surface area contributed by atoms with Crippen LogP contribution in [0, 0.1) is 0 Å². The molecule has 4 heterocycles. The Kier molecular flexibility index (Phi) is 8.40. The average molecular weight is 696 g/mol. The monoisotopic (exact) mass is 694 g/mol. The van der Waals surface area contributed by atoms with Crippen LogP contribution in [0.3, 0.4) is 0 Å². The summed E-state index contributed by atoms with van der Waals surface area (Å²) < 4.78 is 6.73. The third-order valence-electron chi connectivity index (χ3n) is 10.7. The van der Waals surface area contributed by atoms with E-state index in [9.17, 15) is 9.59 Å². The van der Waals surface area contributed by atoms with Crippen LogP contribution in [0.1, 0.15) is 70.3 Å². The van der Waals surface area contributed by atoms with E-state index in [1.54, 1.807) is 12.1 Å². The van der Waals surface area contributed by atoms with E-state index in [4.69, 9.17) is 33.0 Å². The first kappa shape index (κ1) is 31.9. The molecule has 4 aliphatic rings. The highest BCUT2D eigenvalue weighted by Crippen LogP contribution is 2.54. The Balaban J connectivity index is 1.45. The average Bonchev–Trinajstić information content (AvgIpc) is 3.35. The van der Waals surface area contributed by atoms with E-state index < -0.39 is 25.6 Å². The second kappa shape index (κ2) is 12.1. The van der Waals surface area contributed by atoms with Crippen molar-refractivity contribution in [2.45, 2.75) is 63.1 Å². The van der Waals surface area contributed by atoms with Crippen molar-refractivity contribution in [3.8, 4) is 0 Å². The molecular formula is C36H40Cl2N2O4SSi. The Bertz CT molecular complexity index is 1690. The van der Waals surface area contributed by atoms with E-state index in [1.807, 2.05) is 11.8 Å². The lowest BCUT2D eigenvalue weighted by Crippen LogP contribution is -2.65. The molecule has 3 aromatic rings. The molecule has 242 valence electrons. The summed E-state index contributed by atoms with van der Waals surface area (Å²) in [6, 6.07) is 14.0. The van der Waals surface area contributed by atoms with Gasteiger partial charge < -0.3 is 19.6 Å². The fourth-order valence-corrected chi connectivity index (χ4v) is 15.0. The number of hydrogen-bond acceptors (Lipinski definition) is 6. The fourth-order valence-electron chi connectivity index (χ4n) is 8.26. The lowest BCUT2D eigenvalue weighted by molar-refractivity contribution is -0.137. The van der Waals surface area contributed by atoms with Crippen molar-refractivity contribution in [2.24, 2.45) is 0 Å². The maximum atomic E-state index is 13.9. The standard InChI is InChI=1S/C36H40Cl2N2O4SSi/c1-39-13-6-8-22-18-24-30(20-28(22)39)46(3,17-16-45-15-5-4-10-32(41)42)31-21-29-23(9-7-14-40(29)2)19-25(31)36(24)34-27(38)12-11-26(37)33(34)35(43)44-36/h11-12,18-21H,4-10,13-17H2,1-3H3,(H,41,42). The summed E-state index contributed by atoms with van der Waals surface area (Å²) in [5, 5.41) is 12.5. The second-order valence-electron chi connectivity index (χ2n) is 13.5. The number of carboxylic acid groups (broad SMARTS) is 1. The summed E-state index contributed by atoms with van der Waals surface area (Å²) >= 11 is 15.8. The van der Waals surface area contributed by atoms with Crippen LogP contribution in [0.15, 0.2) is 36.4 Å². The normalized spacial score (nSPS) is 22.6. The summed E-state index contributed by atoms with van der Waals surface area (Å²) in [5.74, 6) is 0.767. The molecule has 1 N–H and O–H groups in total. The number of rotatable bonds is 8. The van der Waals surface area contributed by atoms with E-state index in [0.29, 0.717) is 27.6 Å².